The van der Waals surface area contributed by atoms with Crippen LogP contribution in [0.2, 0.25) is 0 Å². The fraction of sp³-hybridized carbons (Fsp3) is 0.659. The largest absolute Gasteiger partial charge is 0.480 e. The number of hydrogen-bond acceptors (Lipinski definition) is 13. The van der Waals surface area contributed by atoms with Crippen LogP contribution >= 0.6 is 12.2 Å². The van der Waals surface area contributed by atoms with Crippen molar-refractivity contribution in [2.24, 2.45) is 17.8 Å². The molecule has 4 rings (SSSR count). The van der Waals surface area contributed by atoms with Crippen LogP contribution < -0.4 is 16.0 Å². The molecular weight excluding hydrogens is 815 g/mol. The van der Waals surface area contributed by atoms with Crippen LogP contribution in [0.15, 0.2) is 36.4 Å². The summed E-state index contributed by atoms with van der Waals surface area (Å²) >= 11 is 5.44. The van der Waals surface area contributed by atoms with E-state index in [9.17, 15) is 44.4 Å². The Kier molecular flexibility index (Phi) is 21.6. The molecule has 2 fully saturated rings. The van der Waals surface area contributed by atoms with E-state index in [0.717, 1.165) is 18.4 Å². The van der Waals surface area contributed by atoms with Crippen molar-refractivity contribution in [2.45, 2.75) is 38.1 Å². The Labute approximate surface area is 362 Å². The number of carbonyl (C=O) groups excluding carboxylic acids is 1. The van der Waals surface area contributed by atoms with Crippen molar-refractivity contribution in [1.82, 2.24) is 30.2 Å². The van der Waals surface area contributed by atoms with Gasteiger partial charge in [-0.25, -0.2) is 4.79 Å². The lowest BCUT2D eigenvalue weighted by atomic mass is 10.0. The van der Waals surface area contributed by atoms with Crippen molar-refractivity contribution in [3.05, 3.63) is 42.0 Å². The Hall–Kier alpha value is -4.44. The molecule has 1 saturated carbocycles. The van der Waals surface area contributed by atoms with Gasteiger partial charge in [-0.15, -0.1) is 0 Å². The zero-order valence-electron chi connectivity index (χ0n) is 34.8. The number of amides is 1. The molecule has 2 unspecified atom stereocenters. The SMILES string of the molecule is O=C(O)CN1CCN(CC(=O)O)CCN(CC(=O)O)C(Cc2ccc(NC(=S)NCCOCCOCCNC(=O)OCC3[C@H]4CC/C=C\CC[C@@H]34)cc2)CN(CC(=O)O)CC1. The van der Waals surface area contributed by atoms with Crippen molar-refractivity contribution < 1.29 is 58.6 Å². The van der Waals surface area contributed by atoms with E-state index in [1.54, 1.807) is 19.6 Å². The number of carboxylic acids is 4. The third kappa shape index (κ3) is 19.9. The highest BCUT2D eigenvalue weighted by Gasteiger charge is 2.49. The normalized spacial score (nSPS) is 22.5. The molecular formula is C41H63N7O12S. The topological polar surface area (TPSA) is 243 Å². The fourth-order valence-corrected chi connectivity index (χ4v) is 8.20. The summed E-state index contributed by atoms with van der Waals surface area (Å²) in [6, 6.07) is 6.92. The molecule has 7 N–H and O–H groups in total. The number of anilines is 1. The summed E-state index contributed by atoms with van der Waals surface area (Å²) in [6.07, 6.45) is 9.02. The third-order valence-electron chi connectivity index (χ3n) is 11.1. The minimum absolute atomic E-state index is 0.175. The maximum absolute atomic E-state index is 12.1. The highest BCUT2D eigenvalue weighted by molar-refractivity contribution is 7.80. The van der Waals surface area contributed by atoms with Gasteiger partial charge in [0.05, 0.1) is 59.2 Å². The molecule has 0 aromatic heterocycles. The minimum Gasteiger partial charge on any atom is -0.480 e. The van der Waals surface area contributed by atoms with Gasteiger partial charge in [0.1, 0.15) is 0 Å². The van der Waals surface area contributed by atoms with Crippen LogP contribution in [-0.4, -0.2) is 199 Å². The van der Waals surface area contributed by atoms with Crippen LogP contribution in [0.25, 0.3) is 0 Å². The van der Waals surface area contributed by atoms with Crippen molar-refractivity contribution in [2.75, 3.05) is 123 Å². The lowest BCUT2D eigenvalue weighted by Gasteiger charge is -2.37. The van der Waals surface area contributed by atoms with E-state index in [0.29, 0.717) is 81.1 Å². The first-order valence-corrected chi connectivity index (χ1v) is 21.4. The first-order chi connectivity index (χ1) is 29.4. The number of aliphatic carboxylic acids is 4. The zero-order chi connectivity index (χ0) is 44.0. The van der Waals surface area contributed by atoms with Gasteiger partial charge >= 0.3 is 30.0 Å². The number of carbonyl (C=O) groups is 5. The Bertz CT molecular complexity index is 1590. The first-order valence-electron chi connectivity index (χ1n) is 21.0. The molecule has 0 spiro atoms. The van der Waals surface area contributed by atoms with Crippen LogP contribution in [0.1, 0.15) is 31.2 Å². The third-order valence-corrected chi connectivity index (χ3v) is 11.3. The molecule has 1 amide bonds. The molecule has 1 aromatic rings. The van der Waals surface area contributed by atoms with Gasteiger partial charge in [0.2, 0.25) is 0 Å². The number of nitrogens with zero attached hydrogens (tertiary/aromatic N) is 4. The van der Waals surface area contributed by atoms with Gasteiger partial charge < -0.3 is 50.6 Å². The summed E-state index contributed by atoms with van der Waals surface area (Å²) in [6.45, 7) is 2.95. The standard InChI is InChI=1S/C41H63N7O12S/c49-36(50)25-45-13-14-46(26-37(51)52)17-18-48(28-39(55)56)32(24-47(16-15-45)27-38(53)54)23-30-7-9-31(10-8-30)44-40(61)42-11-19-58-21-22-59-20-12-43-41(57)60-29-35-33-5-3-1-2-4-6-34(33)35/h1-2,7-10,32-35H,3-6,11-29H2,(H,43,57)(H,49,50)(H,51,52)(H,53,54)(H,55,56)(H2,42,44,61)/b2-1-/t32?,33-,34+,35?. The number of fused-ring (bicyclic) bond motifs is 1. The summed E-state index contributed by atoms with van der Waals surface area (Å²) in [5.74, 6) is -2.42. The summed E-state index contributed by atoms with van der Waals surface area (Å²) in [5, 5.41) is 47.9. The van der Waals surface area contributed by atoms with E-state index in [4.69, 9.17) is 26.4 Å². The first kappa shape index (κ1) is 49.2. The molecule has 4 atom stereocenters. The predicted molar refractivity (Wildman–Crippen MR) is 229 cm³/mol. The molecule has 19 nitrogen and oxygen atoms in total. The second kappa shape index (κ2) is 26.8. The maximum Gasteiger partial charge on any atom is 0.407 e. The van der Waals surface area contributed by atoms with Crippen LogP contribution in [-0.2, 0) is 39.8 Å². The summed E-state index contributed by atoms with van der Waals surface area (Å²) in [4.78, 5) is 65.9. The van der Waals surface area contributed by atoms with Crippen molar-refractivity contribution in [1.29, 1.82) is 0 Å². The Morgan fingerprint density at radius 1 is 0.656 bits per heavy atom. The molecule has 0 radical (unpaired) electrons. The number of ether oxygens (including phenoxy) is 3. The van der Waals surface area contributed by atoms with E-state index in [1.165, 1.54) is 12.8 Å². The molecule has 1 saturated heterocycles. The molecule has 1 aliphatic heterocycles. The second-order valence-corrected chi connectivity index (χ2v) is 16.0. The molecule has 61 heavy (non-hydrogen) atoms. The molecule has 0 bridgehead atoms. The lowest BCUT2D eigenvalue weighted by molar-refractivity contribution is -0.142. The number of allylic oxidation sites excluding steroid dienone is 2. The smallest absolute Gasteiger partial charge is 0.407 e. The highest BCUT2D eigenvalue weighted by Crippen LogP contribution is 2.52. The fourth-order valence-electron chi connectivity index (χ4n) is 7.98. The Balaban J connectivity index is 1.17. The van der Waals surface area contributed by atoms with E-state index in [2.05, 4.69) is 28.1 Å². The number of alkyl carbamates (subject to hydrolysis) is 1. The Morgan fingerprint density at radius 2 is 1.16 bits per heavy atom. The number of thiocarbonyl (C=S) groups is 1. The zero-order valence-corrected chi connectivity index (χ0v) is 35.6. The van der Waals surface area contributed by atoms with E-state index >= 15 is 0 Å². The molecule has 1 heterocycles. The number of benzene rings is 1. The molecule has 3 aliphatic rings. The molecule has 1 aromatic carbocycles. The number of rotatable bonds is 22. The monoisotopic (exact) mass is 877 g/mol. The predicted octanol–water partition coefficient (Wildman–Crippen LogP) is 1.20. The van der Waals surface area contributed by atoms with Crippen molar-refractivity contribution >= 4 is 53.0 Å². The van der Waals surface area contributed by atoms with Gasteiger partial charge in [-0.05, 0) is 79.8 Å². The van der Waals surface area contributed by atoms with Gasteiger partial charge in [-0.2, -0.15) is 0 Å². The van der Waals surface area contributed by atoms with Crippen molar-refractivity contribution in [3.8, 4) is 0 Å². The van der Waals surface area contributed by atoms with Gasteiger partial charge in [0.25, 0.3) is 0 Å². The lowest BCUT2D eigenvalue weighted by Crippen LogP contribution is -2.53. The van der Waals surface area contributed by atoms with Crippen molar-refractivity contribution in [3.63, 3.8) is 0 Å². The van der Waals surface area contributed by atoms with Crippen LogP contribution in [0, 0.1) is 17.8 Å². The second-order valence-electron chi connectivity index (χ2n) is 15.6. The highest BCUT2D eigenvalue weighted by atomic mass is 32.1. The minimum atomic E-state index is -1.08. The Morgan fingerprint density at radius 3 is 1.72 bits per heavy atom. The maximum atomic E-state index is 12.1. The average molecular weight is 878 g/mol. The number of hydrogen-bond donors (Lipinski definition) is 7. The molecule has 20 heteroatoms. The van der Waals surface area contributed by atoms with E-state index in [1.807, 2.05) is 24.3 Å². The van der Waals surface area contributed by atoms with Gasteiger partial charge in [0.15, 0.2) is 5.11 Å². The van der Waals surface area contributed by atoms with Crippen LogP contribution in [0.3, 0.4) is 0 Å². The van der Waals surface area contributed by atoms with Gasteiger partial charge in [0, 0.05) is 70.6 Å². The molecule has 2 aliphatic carbocycles. The van der Waals surface area contributed by atoms with E-state index in [-0.39, 0.29) is 72.0 Å². The van der Waals surface area contributed by atoms with Gasteiger partial charge in [-0.1, -0.05) is 24.3 Å². The van der Waals surface area contributed by atoms with Crippen LogP contribution in [0.4, 0.5) is 10.5 Å². The van der Waals surface area contributed by atoms with E-state index < -0.39 is 36.0 Å². The average Bonchev–Trinajstić information content (AvgIpc) is 3.84. The molecule has 340 valence electrons. The summed E-state index contributed by atoms with van der Waals surface area (Å²) in [5.41, 5.74) is 1.56. The summed E-state index contributed by atoms with van der Waals surface area (Å²) in [7, 11) is 0. The van der Waals surface area contributed by atoms with Gasteiger partial charge in [-0.3, -0.25) is 38.8 Å². The quantitative estimate of drug-likeness (QED) is 0.0492. The number of carboxylic acid groups (broad SMARTS) is 4. The summed E-state index contributed by atoms with van der Waals surface area (Å²) < 4.78 is 16.6. The number of nitrogens with one attached hydrogen (secondary N) is 3. The van der Waals surface area contributed by atoms with Crippen LogP contribution in [0.5, 0.6) is 0 Å².